The molecule has 3 heterocycles. The van der Waals surface area contributed by atoms with Crippen molar-refractivity contribution in [2.45, 2.75) is 73.8 Å². The summed E-state index contributed by atoms with van der Waals surface area (Å²) < 4.78 is 26.3. The van der Waals surface area contributed by atoms with Crippen molar-refractivity contribution < 1.29 is 64.5 Å². The van der Waals surface area contributed by atoms with E-state index in [1.807, 2.05) is 0 Å². The van der Waals surface area contributed by atoms with Gasteiger partial charge in [0.15, 0.2) is 18.9 Å². The van der Waals surface area contributed by atoms with Gasteiger partial charge in [-0.15, -0.1) is 0 Å². The zero-order chi connectivity index (χ0) is 20.6. The molecular weight excluding hydrogens is 388 g/mol. The van der Waals surface area contributed by atoms with E-state index in [4.69, 9.17) is 28.8 Å². The van der Waals surface area contributed by atoms with Gasteiger partial charge in [-0.25, -0.2) is 0 Å². The molecule has 0 spiro atoms. The number of aliphatic hydroxyl groups is 8. The van der Waals surface area contributed by atoms with Crippen LogP contribution in [-0.4, -0.2) is 134 Å². The van der Waals surface area contributed by atoms with Crippen LogP contribution in [0.3, 0.4) is 0 Å². The Kier molecular flexibility index (Phi) is 7.20. The highest BCUT2D eigenvalue weighted by Crippen LogP contribution is 2.29. The van der Waals surface area contributed by atoms with Gasteiger partial charge < -0.3 is 64.5 Å². The molecule has 8 N–H and O–H groups in total. The number of ether oxygens (including phenoxy) is 5. The number of rotatable bonds is 5. The van der Waals surface area contributed by atoms with Gasteiger partial charge >= 0.3 is 0 Å². The van der Waals surface area contributed by atoms with Crippen LogP contribution in [0.1, 0.15) is 0 Å². The molecule has 13 nitrogen and oxygen atoms in total. The average Bonchev–Trinajstić information content (AvgIpc) is 2.95. The summed E-state index contributed by atoms with van der Waals surface area (Å²) in [5, 5.41) is 78.1. The molecule has 0 radical (unpaired) electrons. The SMILES string of the molecule is OC[C@@H]1O[C@@H](O[C@@H]2[C@H](O)[C@H](O)OC[C@H]2O[C@@H]2OC[C@@H](O)[C@H](O)[C@H]2O)[C@H](O)[C@H]1O. The van der Waals surface area contributed by atoms with Crippen molar-refractivity contribution in [1.29, 1.82) is 0 Å². The molecule has 3 aliphatic heterocycles. The van der Waals surface area contributed by atoms with Gasteiger partial charge in [-0.2, -0.15) is 0 Å². The first kappa shape index (κ1) is 22.2. The molecule has 0 aromatic rings. The van der Waals surface area contributed by atoms with E-state index in [9.17, 15) is 35.7 Å². The third-order valence-electron chi connectivity index (χ3n) is 4.98. The molecule has 0 saturated carbocycles. The fourth-order valence-electron chi connectivity index (χ4n) is 3.26. The largest absolute Gasteiger partial charge is 0.394 e. The first-order valence-electron chi connectivity index (χ1n) is 8.81. The third-order valence-corrected chi connectivity index (χ3v) is 4.98. The van der Waals surface area contributed by atoms with Crippen LogP contribution in [0.15, 0.2) is 0 Å². The van der Waals surface area contributed by atoms with Crippen molar-refractivity contribution in [3.8, 4) is 0 Å². The van der Waals surface area contributed by atoms with Crippen LogP contribution in [0.25, 0.3) is 0 Å². The van der Waals surface area contributed by atoms with Gasteiger partial charge in [-0.1, -0.05) is 0 Å². The predicted octanol–water partition coefficient (Wildman–Crippen LogP) is -5.66. The van der Waals surface area contributed by atoms with Crippen molar-refractivity contribution in [1.82, 2.24) is 0 Å². The zero-order valence-electron chi connectivity index (χ0n) is 14.7. The molecule has 3 fully saturated rings. The van der Waals surface area contributed by atoms with Crippen molar-refractivity contribution in [2.75, 3.05) is 19.8 Å². The van der Waals surface area contributed by atoms with E-state index >= 15 is 0 Å². The molecular formula is C15H26O13. The fourth-order valence-corrected chi connectivity index (χ4v) is 3.26. The fraction of sp³-hybridized carbons (Fsp3) is 1.00. The Labute approximate surface area is 159 Å². The Morgan fingerprint density at radius 3 is 2.04 bits per heavy atom. The molecule has 28 heavy (non-hydrogen) atoms. The summed E-state index contributed by atoms with van der Waals surface area (Å²) in [6, 6.07) is 0. The van der Waals surface area contributed by atoms with Gasteiger partial charge in [0.1, 0.15) is 54.9 Å². The lowest BCUT2D eigenvalue weighted by Gasteiger charge is -2.42. The molecule has 0 amide bonds. The number of hydrogen-bond donors (Lipinski definition) is 8. The molecule has 13 heteroatoms. The topological polar surface area (TPSA) is 208 Å². The quantitative estimate of drug-likeness (QED) is 0.211. The van der Waals surface area contributed by atoms with E-state index in [1.54, 1.807) is 0 Å². The predicted molar refractivity (Wildman–Crippen MR) is 83.2 cm³/mol. The van der Waals surface area contributed by atoms with Crippen LogP contribution < -0.4 is 0 Å². The molecule has 3 rings (SSSR count). The molecule has 3 aliphatic rings. The van der Waals surface area contributed by atoms with Crippen molar-refractivity contribution >= 4 is 0 Å². The minimum atomic E-state index is -1.66. The number of aliphatic hydroxyl groups excluding tert-OH is 8. The maximum Gasteiger partial charge on any atom is 0.187 e. The summed E-state index contributed by atoms with van der Waals surface area (Å²) in [7, 11) is 0. The highest BCUT2D eigenvalue weighted by molar-refractivity contribution is 4.92. The van der Waals surface area contributed by atoms with Crippen molar-refractivity contribution in [2.24, 2.45) is 0 Å². The lowest BCUT2D eigenvalue weighted by atomic mass is 10.0. The Hall–Kier alpha value is -0.520. The lowest BCUT2D eigenvalue weighted by molar-refractivity contribution is -0.343. The third kappa shape index (κ3) is 4.32. The van der Waals surface area contributed by atoms with Crippen LogP contribution >= 0.6 is 0 Å². The molecule has 3 saturated heterocycles. The Morgan fingerprint density at radius 1 is 0.714 bits per heavy atom. The van der Waals surface area contributed by atoms with Crippen LogP contribution in [0, 0.1) is 0 Å². The van der Waals surface area contributed by atoms with E-state index in [-0.39, 0.29) is 13.2 Å². The van der Waals surface area contributed by atoms with E-state index in [0.717, 1.165) is 0 Å². The molecule has 164 valence electrons. The molecule has 0 aliphatic carbocycles. The summed E-state index contributed by atoms with van der Waals surface area (Å²) in [5.74, 6) is 0. The van der Waals surface area contributed by atoms with Crippen LogP contribution in [0.5, 0.6) is 0 Å². The van der Waals surface area contributed by atoms with Gasteiger partial charge in [-0.3, -0.25) is 0 Å². The summed E-state index contributed by atoms with van der Waals surface area (Å²) in [5.41, 5.74) is 0. The van der Waals surface area contributed by atoms with Crippen molar-refractivity contribution in [3.63, 3.8) is 0 Å². The van der Waals surface area contributed by atoms with Gasteiger partial charge in [-0.05, 0) is 0 Å². The summed E-state index contributed by atoms with van der Waals surface area (Å²) in [6.07, 6.45) is -17.2. The molecule has 0 aromatic carbocycles. The standard InChI is InChI=1S/C15H26O13/c16-1-5-8(19)10(21)15(26-5)28-12-6(3-24-13(23)11(12)22)27-14-9(20)7(18)4(17)2-25-14/h4-23H,1-3H2/t4-,5+,6-,7+,8+,9-,10-,11+,12+,13-,14+,15+/m1/s1. The van der Waals surface area contributed by atoms with E-state index in [2.05, 4.69) is 0 Å². The zero-order valence-corrected chi connectivity index (χ0v) is 14.7. The monoisotopic (exact) mass is 414 g/mol. The maximum absolute atomic E-state index is 10.2. The lowest BCUT2D eigenvalue weighted by Crippen LogP contribution is -2.60. The average molecular weight is 414 g/mol. The molecule has 12 atom stereocenters. The minimum Gasteiger partial charge on any atom is -0.394 e. The van der Waals surface area contributed by atoms with Crippen LogP contribution in [-0.2, 0) is 23.7 Å². The first-order valence-corrected chi connectivity index (χ1v) is 8.81. The van der Waals surface area contributed by atoms with Crippen LogP contribution in [0.2, 0.25) is 0 Å². The summed E-state index contributed by atoms with van der Waals surface area (Å²) in [6.45, 7) is -1.22. The van der Waals surface area contributed by atoms with E-state index in [0.29, 0.717) is 0 Å². The highest BCUT2D eigenvalue weighted by Gasteiger charge is 2.50. The molecule has 0 bridgehead atoms. The Balaban J connectivity index is 1.69. The van der Waals surface area contributed by atoms with Crippen molar-refractivity contribution in [3.05, 3.63) is 0 Å². The van der Waals surface area contributed by atoms with Gasteiger partial charge in [0.2, 0.25) is 0 Å². The summed E-state index contributed by atoms with van der Waals surface area (Å²) >= 11 is 0. The highest BCUT2D eigenvalue weighted by atomic mass is 16.8. The number of hydrogen-bond acceptors (Lipinski definition) is 13. The second-order valence-corrected chi connectivity index (χ2v) is 6.95. The second-order valence-electron chi connectivity index (χ2n) is 6.95. The van der Waals surface area contributed by atoms with E-state index < -0.39 is 80.4 Å². The minimum absolute atomic E-state index is 0.317. The van der Waals surface area contributed by atoms with E-state index in [1.165, 1.54) is 0 Å². The first-order chi connectivity index (χ1) is 13.2. The molecule has 0 aromatic heterocycles. The Bertz CT molecular complexity index is 508. The second kappa shape index (κ2) is 9.09. The molecule has 0 unspecified atom stereocenters. The maximum atomic E-state index is 10.2. The van der Waals surface area contributed by atoms with Crippen LogP contribution in [0.4, 0.5) is 0 Å². The smallest absolute Gasteiger partial charge is 0.187 e. The Morgan fingerprint density at radius 2 is 1.39 bits per heavy atom. The van der Waals surface area contributed by atoms with Gasteiger partial charge in [0, 0.05) is 0 Å². The van der Waals surface area contributed by atoms with Gasteiger partial charge in [0.05, 0.1) is 19.8 Å². The normalized spacial score (nSPS) is 52.7. The summed E-state index contributed by atoms with van der Waals surface area (Å²) in [4.78, 5) is 0. The van der Waals surface area contributed by atoms with Gasteiger partial charge in [0.25, 0.3) is 0 Å².